The molecular formula is C10H15F3N2O3. The summed E-state index contributed by atoms with van der Waals surface area (Å²) in [5, 5.41) is 4.72. The molecule has 0 radical (unpaired) electrons. The maximum atomic E-state index is 11.9. The number of hydrogen-bond donors (Lipinski definition) is 2. The van der Waals surface area contributed by atoms with Crippen molar-refractivity contribution in [1.82, 2.24) is 10.6 Å². The van der Waals surface area contributed by atoms with Crippen molar-refractivity contribution in [3.05, 3.63) is 0 Å². The summed E-state index contributed by atoms with van der Waals surface area (Å²) in [6, 6.07) is -0.549. The van der Waals surface area contributed by atoms with E-state index < -0.39 is 24.6 Å². The average Bonchev–Trinajstić information content (AvgIpc) is 2.19. The molecule has 2 N–H and O–H groups in total. The van der Waals surface area contributed by atoms with Crippen LogP contribution in [0.3, 0.4) is 0 Å². The van der Waals surface area contributed by atoms with E-state index in [2.05, 4.69) is 15.4 Å². The van der Waals surface area contributed by atoms with Gasteiger partial charge in [0.15, 0.2) is 0 Å². The second-order valence-electron chi connectivity index (χ2n) is 4.06. The Labute approximate surface area is 102 Å². The highest BCUT2D eigenvalue weighted by molar-refractivity contribution is 6.32. The predicted molar refractivity (Wildman–Crippen MR) is 55.6 cm³/mol. The van der Waals surface area contributed by atoms with Gasteiger partial charge in [-0.3, -0.25) is 4.79 Å². The highest BCUT2D eigenvalue weighted by Gasteiger charge is 2.35. The molecule has 1 aliphatic rings. The zero-order valence-corrected chi connectivity index (χ0v) is 9.84. The van der Waals surface area contributed by atoms with Gasteiger partial charge in [0.05, 0.1) is 13.2 Å². The normalized spacial score (nSPS) is 23.1. The first-order valence-electron chi connectivity index (χ1n) is 5.59. The molecule has 8 heteroatoms. The lowest BCUT2D eigenvalue weighted by Crippen LogP contribution is -2.55. The van der Waals surface area contributed by atoms with Crippen LogP contribution in [-0.4, -0.2) is 43.3 Å². The minimum atomic E-state index is -4.24. The fraction of sp³-hybridized carbons (Fsp3) is 0.800. The SMILES string of the molecule is CCOC(=O)C(=O)NC1CC(NCC(F)(F)F)C1. The molecule has 1 rings (SSSR count). The van der Waals surface area contributed by atoms with Crippen molar-refractivity contribution in [2.75, 3.05) is 13.2 Å². The van der Waals surface area contributed by atoms with E-state index in [1.54, 1.807) is 6.92 Å². The van der Waals surface area contributed by atoms with Gasteiger partial charge in [0, 0.05) is 12.1 Å². The quantitative estimate of drug-likeness (QED) is 0.570. The van der Waals surface area contributed by atoms with E-state index in [1.807, 2.05) is 0 Å². The molecule has 18 heavy (non-hydrogen) atoms. The molecule has 104 valence electrons. The summed E-state index contributed by atoms with van der Waals surface area (Å²) < 4.78 is 40.1. The Balaban J connectivity index is 2.15. The van der Waals surface area contributed by atoms with E-state index >= 15 is 0 Å². The van der Waals surface area contributed by atoms with Crippen LogP contribution in [0.5, 0.6) is 0 Å². The van der Waals surface area contributed by atoms with Crippen LogP contribution in [0.2, 0.25) is 0 Å². The molecule has 0 unspecified atom stereocenters. The maximum absolute atomic E-state index is 11.9. The van der Waals surface area contributed by atoms with Crippen molar-refractivity contribution in [1.29, 1.82) is 0 Å². The molecule has 0 aromatic heterocycles. The summed E-state index contributed by atoms with van der Waals surface area (Å²) in [4.78, 5) is 22.1. The maximum Gasteiger partial charge on any atom is 0.401 e. The number of amides is 1. The second-order valence-corrected chi connectivity index (χ2v) is 4.06. The third kappa shape index (κ3) is 4.91. The molecule has 0 heterocycles. The number of nitrogens with one attached hydrogen (secondary N) is 2. The summed E-state index contributed by atoms with van der Waals surface area (Å²) in [7, 11) is 0. The Bertz CT molecular complexity index is 314. The summed E-state index contributed by atoms with van der Waals surface area (Å²) in [6.45, 7) is 0.633. The molecule has 1 fully saturated rings. The monoisotopic (exact) mass is 268 g/mol. The van der Waals surface area contributed by atoms with Gasteiger partial charge in [-0.25, -0.2) is 4.79 Å². The van der Waals surface area contributed by atoms with Crippen LogP contribution in [0.25, 0.3) is 0 Å². The van der Waals surface area contributed by atoms with E-state index in [-0.39, 0.29) is 18.7 Å². The third-order valence-electron chi connectivity index (χ3n) is 2.53. The Hall–Kier alpha value is -1.31. The number of hydrogen-bond acceptors (Lipinski definition) is 4. The third-order valence-corrected chi connectivity index (χ3v) is 2.53. The number of rotatable bonds is 4. The minimum Gasteiger partial charge on any atom is -0.459 e. The number of alkyl halides is 3. The second kappa shape index (κ2) is 6.03. The molecule has 0 aromatic carbocycles. The van der Waals surface area contributed by atoms with Crippen LogP contribution >= 0.6 is 0 Å². The predicted octanol–water partition coefficient (Wildman–Crippen LogP) is 0.349. The van der Waals surface area contributed by atoms with Gasteiger partial charge in [0.2, 0.25) is 0 Å². The molecule has 0 atom stereocenters. The van der Waals surface area contributed by atoms with Crippen LogP contribution in [0.4, 0.5) is 13.2 Å². The number of esters is 1. The highest BCUT2D eigenvalue weighted by atomic mass is 19.4. The molecule has 5 nitrogen and oxygen atoms in total. The summed E-state index contributed by atoms with van der Waals surface area (Å²) in [6.07, 6.45) is -3.48. The van der Waals surface area contributed by atoms with E-state index in [0.29, 0.717) is 12.8 Å². The van der Waals surface area contributed by atoms with Crippen molar-refractivity contribution < 1.29 is 27.5 Å². The van der Waals surface area contributed by atoms with Crippen LogP contribution < -0.4 is 10.6 Å². The lowest BCUT2D eigenvalue weighted by atomic mass is 9.86. The standard InChI is InChI=1S/C10H15F3N2O3/c1-2-18-9(17)8(16)15-7-3-6(4-7)14-5-10(11,12)13/h6-7,14H,2-5H2,1H3,(H,15,16). The Kier molecular flexibility index (Phi) is 4.94. The van der Waals surface area contributed by atoms with Crippen LogP contribution in [0.1, 0.15) is 19.8 Å². The lowest BCUT2D eigenvalue weighted by molar-refractivity contribution is -0.155. The van der Waals surface area contributed by atoms with Gasteiger partial charge in [0.25, 0.3) is 0 Å². The number of carbonyl (C=O) groups excluding carboxylic acids is 2. The Morgan fingerprint density at radius 3 is 2.39 bits per heavy atom. The van der Waals surface area contributed by atoms with Crippen molar-refractivity contribution in [3.63, 3.8) is 0 Å². The van der Waals surface area contributed by atoms with Crippen molar-refractivity contribution in [2.24, 2.45) is 0 Å². The van der Waals surface area contributed by atoms with Crippen molar-refractivity contribution in [2.45, 2.75) is 38.0 Å². The largest absolute Gasteiger partial charge is 0.459 e. The van der Waals surface area contributed by atoms with E-state index in [1.165, 1.54) is 0 Å². The van der Waals surface area contributed by atoms with Gasteiger partial charge in [0.1, 0.15) is 0 Å². The molecule has 0 saturated heterocycles. The van der Waals surface area contributed by atoms with Gasteiger partial charge >= 0.3 is 18.1 Å². The fourth-order valence-corrected chi connectivity index (χ4v) is 1.60. The number of halogens is 3. The average molecular weight is 268 g/mol. The number of ether oxygens (including phenoxy) is 1. The van der Waals surface area contributed by atoms with Crippen molar-refractivity contribution in [3.8, 4) is 0 Å². The van der Waals surface area contributed by atoms with Crippen molar-refractivity contribution >= 4 is 11.9 Å². The first-order chi connectivity index (χ1) is 8.31. The Morgan fingerprint density at radius 1 is 1.28 bits per heavy atom. The molecule has 0 aromatic rings. The van der Waals surface area contributed by atoms with Crippen LogP contribution in [0, 0.1) is 0 Å². The van der Waals surface area contributed by atoms with Gasteiger partial charge in [-0.15, -0.1) is 0 Å². The zero-order chi connectivity index (χ0) is 13.8. The Morgan fingerprint density at radius 2 is 1.89 bits per heavy atom. The molecule has 1 aliphatic carbocycles. The molecular weight excluding hydrogens is 253 g/mol. The van der Waals surface area contributed by atoms with Gasteiger partial charge in [-0.1, -0.05) is 0 Å². The molecule has 1 saturated carbocycles. The minimum absolute atomic E-state index is 0.104. The van der Waals surface area contributed by atoms with Crippen LogP contribution in [0.15, 0.2) is 0 Å². The molecule has 0 bridgehead atoms. The number of carbonyl (C=O) groups is 2. The van der Waals surface area contributed by atoms with E-state index in [0.717, 1.165) is 0 Å². The van der Waals surface area contributed by atoms with Gasteiger partial charge in [-0.05, 0) is 19.8 Å². The summed E-state index contributed by atoms with van der Waals surface area (Å²) in [5.41, 5.74) is 0. The molecule has 0 spiro atoms. The molecule has 1 amide bonds. The lowest BCUT2D eigenvalue weighted by Gasteiger charge is -2.36. The smallest absolute Gasteiger partial charge is 0.401 e. The fourth-order valence-electron chi connectivity index (χ4n) is 1.60. The zero-order valence-electron chi connectivity index (χ0n) is 9.84. The topological polar surface area (TPSA) is 67.4 Å². The van der Waals surface area contributed by atoms with Gasteiger partial charge in [-0.2, -0.15) is 13.2 Å². The summed E-state index contributed by atoms with van der Waals surface area (Å²) in [5.74, 6) is -1.82. The highest BCUT2D eigenvalue weighted by Crippen LogP contribution is 2.21. The first-order valence-corrected chi connectivity index (χ1v) is 5.59. The van der Waals surface area contributed by atoms with Crippen LogP contribution in [-0.2, 0) is 14.3 Å². The molecule has 0 aliphatic heterocycles. The first kappa shape index (κ1) is 14.7. The summed E-state index contributed by atoms with van der Waals surface area (Å²) >= 11 is 0. The van der Waals surface area contributed by atoms with Gasteiger partial charge < -0.3 is 15.4 Å². The van der Waals surface area contributed by atoms with E-state index in [4.69, 9.17) is 0 Å². The van der Waals surface area contributed by atoms with E-state index in [9.17, 15) is 22.8 Å².